The number of amides is 1. The van der Waals surface area contributed by atoms with Crippen molar-refractivity contribution < 1.29 is 36.6 Å². The van der Waals surface area contributed by atoms with Crippen LogP contribution in [0.1, 0.15) is 29.3 Å². The number of carboxylic acid groups (broad SMARTS) is 1. The summed E-state index contributed by atoms with van der Waals surface area (Å²) in [4.78, 5) is 28.6. The van der Waals surface area contributed by atoms with Gasteiger partial charge in [-0.15, -0.1) is 0 Å². The number of carboxylic acids is 1. The van der Waals surface area contributed by atoms with Gasteiger partial charge in [0, 0.05) is 28.2 Å². The molecule has 186 valence electrons. The number of carbonyl (C=O) groups is 2. The second-order valence-electron chi connectivity index (χ2n) is 7.64. The summed E-state index contributed by atoms with van der Waals surface area (Å²) in [5.41, 5.74) is -0.677. The van der Waals surface area contributed by atoms with Crippen molar-refractivity contribution in [1.82, 2.24) is 10.3 Å². The van der Waals surface area contributed by atoms with Gasteiger partial charge in [0.2, 0.25) is 0 Å². The van der Waals surface area contributed by atoms with Crippen LogP contribution in [0.5, 0.6) is 0 Å². The summed E-state index contributed by atoms with van der Waals surface area (Å²) in [6.45, 7) is 1.25. The van der Waals surface area contributed by atoms with E-state index >= 15 is 0 Å². The number of nitrogens with one attached hydrogen (secondary N) is 2. The van der Waals surface area contributed by atoms with Gasteiger partial charge in [0.1, 0.15) is 29.3 Å². The molecule has 0 bridgehead atoms. The molecule has 3 rings (SSSR count). The van der Waals surface area contributed by atoms with Crippen molar-refractivity contribution in [3.63, 3.8) is 0 Å². The molecule has 0 saturated carbocycles. The van der Waals surface area contributed by atoms with Crippen molar-refractivity contribution in [2.45, 2.75) is 38.0 Å². The van der Waals surface area contributed by atoms with Gasteiger partial charge in [0.25, 0.3) is 5.91 Å². The van der Waals surface area contributed by atoms with Crippen LogP contribution in [0.15, 0.2) is 47.1 Å². The van der Waals surface area contributed by atoms with Crippen molar-refractivity contribution >= 4 is 44.4 Å². The van der Waals surface area contributed by atoms with Crippen LogP contribution in [0.25, 0.3) is 10.9 Å². The summed E-state index contributed by atoms with van der Waals surface area (Å²) < 4.78 is 68.7. The molecule has 2 atom stereocenters. The maximum Gasteiger partial charge on any atom is 0.408 e. The van der Waals surface area contributed by atoms with E-state index in [2.05, 4.69) is 26.2 Å². The predicted molar refractivity (Wildman–Crippen MR) is 122 cm³/mol. The number of rotatable bonds is 8. The minimum Gasteiger partial charge on any atom is -0.480 e. The Morgan fingerprint density at radius 2 is 1.80 bits per heavy atom. The lowest BCUT2D eigenvalue weighted by Crippen LogP contribution is -2.43. The average molecular weight is 560 g/mol. The summed E-state index contributed by atoms with van der Waals surface area (Å²) in [5, 5.41) is 14.4. The van der Waals surface area contributed by atoms with Crippen molar-refractivity contribution in [2.24, 2.45) is 0 Å². The average Bonchev–Trinajstić information content (AvgIpc) is 2.77. The molecule has 3 aromatic rings. The highest BCUT2D eigenvalue weighted by atomic mass is 79.9. The molecular weight excluding hydrogens is 541 g/mol. The number of aromatic nitrogens is 1. The van der Waals surface area contributed by atoms with E-state index < -0.39 is 59.4 Å². The molecule has 0 aliphatic heterocycles. The summed E-state index contributed by atoms with van der Waals surface area (Å²) in [7, 11) is 0. The van der Waals surface area contributed by atoms with Crippen LogP contribution in [0.4, 0.5) is 27.6 Å². The van der Waals surface area contributed by atoms with Crippen LogP contribution >= 0.6 is 15.9 Å². The van der Waals surface area contributed by atoms with E-state index in [9.17, 15) is 36.6 Å². The number of fused-ring (bicyclic) bond motifs is 1. The van der Waals surface area contributed by atoms with E-state index in [-0.39, 0.29) is 6.42 Å². The first kappa shape index (κ1) is 26.3. The van der Waals surface area contributed by atoms with Gasteiger partial charge in [-0.2, -0.15) is 13.2 Å². The molecule has 0 spiro atoms. The zero-order valence-electron chi connectivity index (χ0n) is 18.1. The summed E-state index contributed by atoms with van der Waals surface area (Å²) in [5.74, 6) is -5.71. The van der Waals surface area contributed by atoms with Crippen LogP contribution in [0.3, 0.4) is 0 Å². The number of carbonyl (C=O) groups excluding carboxylic acids is 1. The molecule has 3 N–H and O–H groups in total. The highest BCUT2D eigenvalue weighted by Crippen LogP contribution is 2.28. The second-order valence-corrected chi connectivity index (χ2v) is 8.49. The Hall–Kier alpha value is -3.28. The first-order chi connectivity index (χ1) is 16.4. The highest BCUT2D eigenvalue weighted by Gasteiger charge is 2.38. The zero-order valence-corrected chi connectivity index (χ0v) is 19.7. The molecule has 1 heterocycles. The smallest absolute Gasteiger partial charge is 0.408 e. The second kappa shape index (κ2) is 10.5. The van der Waals surface area contributed by atoms with Crippen LogP contribution in [0.2, 0.25) is 0 Å². The number of hydrogen-bond donors (Lipinski definition) is 3. The van der Waals surface area contributed by atoms with Gasteiger partial charge in [-0.3, -0.25) is 9.78 Å². The highest BCUT2D eigenvalue weighted by molar-refractivity contribution is 9.10. The van der Waals surface area contributed by atoms with Gasteiger partial charge in [0.05, 0.1) is 5.52 Å². The Balaban J connectivity index is 1.85. The monoisotopic (exact) mass is 559 g/mol. The first-order valence-corrected chi connectivity index (χ1v) is 11.1. The van der Waals surface area contributed by atoms with Gasteiger partial charge in [0.15, 0.2) is 0 Å². The number of nitrogens with zero attached hydrogens (tertiary/aromatic N) is 1. The number of pyridine rings is 1. The first-order valence-electron chi connectivity index (χ1n) is 10.3. The fraction of sp³-hybridized carbons (Fsp3) is 0.261. The molecule has 35 heavy (non-hydrogen) atoms. The third kappa shape index (κ3) is 6.05. The normalized spacial score (nSPS) is 13.3. The number of benzene rings is 2. The molecular formula is C23H19BrF5N3O3. The quantitative estimate of drug-likeness (QED) is 0.319. The SMILES string of the molecule is CC[C@@H](Nc1cc(F)c(C(=O)N[C@@H](Cc2ccc(Br)c3cccnc23)C(=O)O)c(F)c1)C(F)(F)F. The van der Waals surface area contributed by atoms with E-state index in [4.69, 9.17) is 0 Å². The van der Waals surface area contributed by atoms with Gasteiger partial charge in [-0.25, -0.2) is 13.6 Å². The van der Waals surface area contributed by atoms with Gasteiger partial charge < -0.3 is 15.7 Å². The maximum atomic E-state index is 14.6. The third-order valence-corrected chi connectivity index (χ3v) is 5.93. The van der Waals surface area contributed by atoms with Crippen molar-refractivity contribution in [3.8, 4) is 0 Å². The van der Waals surface area contributed by atoms with Crippen molar-refractivity contribution in [1.29, 1.82) is 0 Å². The number of hydrogen-bond acceptors (Lipinski definition) is 4. The van der Waals surface area contributed by atoms with Gasteiger partial charge in [-0.1, -0.05) is 35.0 Å². The Morgan fingerprint density at radius 1 is 1.14 bits per heavy atom. The van der Waals surface area contributed by atoms with Crippen molar-refractivity contribution in [2.75, 3.05) is 5.32 Å². The molecule has 1 amide bonds. The van der Waals surface area contributed by atoms with E-state index in [1.165, 1.54) is 13.1 Å². The molecule has 6 nitrogen and oxygen atoms in total. The Kier molecular flexibility index (Phi) is 7.93. The summed E-state index contributed by atoms with van der Waals surface area (Å²) >= 11 is 3.37. The largest absolute Gasteiger partial charge is 0.480 e. The molecule has 0 unspecified atom stereocenters. The molecule has 2 aromatic carbocycles. The minimum atomic E-state index is -4.65. The number of halogens is 6. The Morgan fingerprint density at radius 3 is 2.37 bits per heavy atom. The lowest BCUT2D eigenvalue weighted by molar-refractivity contribution is -0.143. The van der Waals surface area contributed by atoms with E-state index in [0.29, 0.717) is 33.1 Å². The lowest BCUT2D eigenvalue weighted by Gasteiger charge is -2.22. The van der Waals surface area contributed by atoms with Crippen LogP contribution in [0, 0.1) is 11.6 Å². The van der Waals surface area contributed by atoms with Crippen LogP contribution in [-0.4, -0.2) is 40.2 Å². The number of anilines is 1. The zero-order chi connectivity index (χ0) is 25.9. The number of aliphatic carboxylic acids is 1. The summed E-state index contributed by atoms with van der Waals surface area (Å²) in [6, 6.07) is 4.21. The van der Waals surface area contributed by atoms with Crippen LogP contribution < -0.4 is 10.6 Å². The van der Waals surface area contributed by atoms with E-state index in [1.54, 1.807) is 24.3 Å². The molecule has 12 heteroatoms. The van der Waals surface area contributed by atoms with E-state index in [0.717, 1.165) is 0 Å². The molecule has 0 aliphatic carbocycles. The lowest BCUT2D eigenvalue weighted by atomic mass is 10.0. The van der Waals surface area contributed by atoms with Crippen LogP contribution in [-0.2, 0) is 11.2 Å². The number of alkyl halides is 3. The van der Waals surface area contributed by atoms with Crippen molar-refractivity contribution in [3.05, 3.63) is 69.8 Å². The van der Waals surface area contributed by atoms with Gasteiger partial charge in [-0.05, 0) is 36.2 Å². The Bertz CT molecular complexity index is 1250. The van der Waals surface area contributed by atoms with Gasteiger partial charge >= 0.3 is 12.1 Å². The third-order valence-electron chi connectivity index (χ3n) is 5.24. The summed E-state index contributed by atoms with van der Waals surface area (Å²) in [6.07, 6.45) is -3.78. The predicted octanol–water partition coefficient (Wildman–Crippen LogP) is 5.45. The molecule has 0 aliphatic rings. The fourth-order valence-electron chi connectivity index (χ4n) is 3.50. The molecule has 0 saturated heterocycles. The standard InChI is InChI=1S/C23H19BrF5N3O3/c1-2-18(23(27,28)29)31-12-9-15(25)19(16(26)10-12)21(33)32-17(22(34)35)8-11-5-6-14(24)13-4-3-7-30-20(11)13/h3-7,9-10,17-18,31H,2,8H2,1H3,(H,32,33)(H,34,35)/t17-,18+/m0/s1. The molecule has 0 fully saturated rings. The fourth-order valence-corrected chi connectivity index (χ4v) is 3.95. The molecule has 0 radical (unpaired) electrons. The molecule has 1 aromatic heterocycles. The topological polar surface area (TPSA) is 91.3 Å². The maximum absolute atomic E-state index is 14.6. The Labute approximate surface area is 204 Å². The minimum absolute atomic E-state index is 0.242. The van der Waals surface area contributed by atoms with E-state index in [1.807, 2.05) is 5.32 Å².